The van der Waals surface area contributed by atoms with Crippen LogP contribution in [0.3, 0.4) is 0 Å². The monoisotopic (exact) mass is 397 g/mol. The van der Waals surface area contributed by atoms with Gasteiger partial charge in [0.25, 0.3) is 0 Å². The van der Waals surface area contributed by atoms with Crippen molar-refractivity contribution < 1.29 is 4.74 Å². The quantitative estimate of drug-likeness (QED) is 0.804. The first-order valence-corrected chi connectivity index (χ1v) is 8.00. The molecule has 0 saturated carbocycles. The zero-order chi connectivity index (χ0) is 14.5. The van der Waals surface area contributed by atoms with Gasteiger partial charge in [0.1, 0.15) is 5.75 Å². The van der Waals surface area contributed by atoms with E-state index in [4.69, 9.17) is 10.5 Å². The molecule has 2 N–H and O–H groups in total. The number of benzene rings is 2. The molecule has 4 heteroatoms. The van der Waals surface area contributed by atoms with Crippen molar-refractivity contribution in [3.63, 3.8) is 0 Å². The van der Waals surface area contributed by atoms with Crippen LogP contribution in [0.1, 0.15) is 17.0 Å². The SMILES string of the molecule is COc1ccc(Br)cc1CC(CN)c1cccc(Br)c1. The largest absolute Gasteiger partial charge is 0.496 e. The summed E-state index contributed by atoms with van der Waals surface area (Å²) in [5, 5.41) is 0. The fourth-order valence-electron chi connectivity index (χ4n) is 2.27. The van der Waals surface area contributed by atoms with Crippen LogP contribution in [0.5, 0.6) is 5.75 Å². The van der Waals surface area contributed by atoms with E-state index < -0.39 is 0 Å². The molecule has 2 nitrogen and oxygen atoms in total. The smallest absolute Gasteiger partial charge is 0.122 e. The molecule has 2 rings (SSSR count). The molecule has 1 atom stereocenters. The summed E-state index contributed by atoms with van der Waals surface area (Å²) >= 11 is 7.02. The van der Waals surface area contributed by atoms with Gasteiger partial charge in [0, 0.05) is 14.9 Å². The summed E-state index contributed by atoms with van der Waals surface area (Å²) in [5.74, 6) is 1.18. The van der Waals surface area contributed by atoms with Crippen LogP contribution in [-0.4, -0.2) is 13.7 Å². The molecule has 1 unspecified atom stereocenters. The number of ether oxygens (including phenoxy) is 1. The minimum Gasteiger partial charge on any atom is -0.496 e. The van der Waals surface area contributed by atoms with Crippen molar-refractivity contribution in [1.29, 1.82) is 0 Å². The number of nitrogens with two attached hydrogens (primary N) is 1. The molecule has 0 amide bonds. The number of rotatable bonds is 5. The number of hydrogen-bond donors (Lipinski definition) is 1. The lowest BCUT2D eigenvalue weighted by Gasteiger charge is -2.18. The highest BCUT2D eigenvalue weighted by Crippen LogP contribution is 2.29. The van der Waals surface area contributed by atoms with E-state index in [1.807, 2.05) is 24.3 Å². The van der Waals surface area contributed by atoms with Gasteiger partial charge in [0.2, 0.25) is 0 Å². The molecule has 0 aliphatic rings. The molecule has 0 bridgehead atoms. The molecule has 0 radical (unpaired) electrons. The fraction of sp³-hybridized carbons (Fsp3) is 0.250. The van der Waals surface area contributed by atoms with Crippen molar-refractivity contribution >= 4 is 31.9 Å². The number of methoxy groups -OCH3 is 1. The Hall–Kier alpha value is -0.840. The summed E-state index contributed by atoms with van der Waals surface area (Å²) in [6.45, 7) is 0.603. The van der Waals surface area contributed by atoms with E-state index >= 15 is 0 Å². The highest BCUT2D eigenvalue weighted by atomic mass is 79.9. The predicted molar refractivity (Wildman–Crippen MR) is 90.3 cm³/mol. The molecule has 0 heterocycles. The van der Waals surface area contributed by atoms with Gasteiger partial charge in [-0.2, -0.15) is 0 Å². The maximum absolute atomic E-state index is 5.96. The molecule has 0 fully saturated rings. The second-order valence-corrected chi connectivity index (χ2v) is 6.48. The van der Waals surface area contributed by atoms with Crippen LogP contribution < -0.4 is 10.5 Å². The van der Waals surface area contributed by atoms with Crippen molar-refractivity contribution in [2.24, 2.45) is 5.73 Å². The number of hydrogen-bond acceptors (Lipinski definition) is 2. The van der Waals surface area contributed by atoms with Gasteiger partial charge in [0.05, 0.1) is 7.11 Å². The zero-order valence-corrected chi connectivity index (χ0v) is 14.4. The Kier molecular flexibility index (Phi) is 5.64. The van der Waals surface area contributed by atoms with Gasteiger partial charge in [0.15, 0.2) is 0 Å². The lowest BCUT2D eigenvalue weighted by atomic mass is 9.92. The minimum atomic E-state index is 0.274. The highest BCUT2D eigenvalue weighted by Gasteiger charge is 2.14. The Bertz CT molecular complexity index is 586. The first-order chi connectivity index (χ1) is 9.63. The minimum absolute atomic E-state index is 0.274. The lowest BCUT2D eigenvalue weighted by Crippen LogP contribution is -2.15. The van der Waals surface area contributed by atoms with Gasteiger partial charge >= 0.3 is 0 Å². The molecule has 0 aliphatic carbocycles. The van der Waals surface area contributed by atoms with Crippen LogP contribution in [0.15, 0.2) is 51.4 Å². The van der Waals surface area contributed by atoms with Crippen molar-refractivity contribution in [3.05, 3.63) is 62.5 Å². The summed E-state index contributed by atoms with van der Waals surface area (Å²) in [5.41, 5.74) is 8.37. The third-order valence-electron chi connectivity index (χ3n) is 3.31. The maximum atomic E-state index is 5.96. The van der Waals surface area contributed by atoms with E-state index in [1.165, 1.54) is 5.56 Å². The van der Waals surface area contributed by atoms with Crippen LogP contribution in [0.2, 0.25) is 0 Å². The summed E-state index contributed by atoms with van der Waals surface area (Å²) < 4.78 is 7.57. The standard InChI is InChI=1S/C16H17Br2NO/c1-20-16-6-5-15(18)9-12(16)7-13(10-19)11-3-2-4-14(17)8-11/h2-6,8-9,13H,7,10,19H2,1H3. The summed E-state index contributed by atoms with van der Waals surface area (Å²) in [4.78, 5) is 0. The first kappa shape index (κ1) is 15.5. The molecule has 2 aromatic carbocycles. The van der Waals surface area contributed by atoms with Crippen LogP contribution in [0, 0.1) is 0 Å². The summed E-state index contributed by atoms with van der Waals surface area (Å²) in [7, 11) is 1.70. The molecule has 0 saturated heterocycles. The van der Waals surface area contributed by atoms with Crippen molar-refractivity contribution in [2.75, 3.05) is 13.7 Å². The molecule has 0 aliphatic heterocycles. The third kappa shape index (κ3) is 3.84. The van der Waals surface area contributed by atoms with Crippen LogP contribution in [0.25, 0.3) is 0 Å². The molecule has 106 valence electrons. The highest BCUT2D eigenvalue weighted by molar-refractivity contribution is 9.10. The maximum Gasteiger partial charge on any atom is 0.122 e. The normalized spacial score (nSPS) is 12.2. The van der Waals surface area contributed by atoms with E-state index in [2.05, 4.69) is 50.1 Å². The van der Waals surface area contributed by atoms with Gasteiger partial charge in [-0.25, -0.2) is 0 Å². The summed E-state index contributed by atoms with van der Waals surface area (Å²) in [6.07, 6.45) is 0.857. The molecule has 0 spiro atoms. The van der Waals surface area contributed by atoms with E-state index in [9.17, 15) is 0 Å². The van der Waals surface area contributed by atoms with Gasteiger partial charge in [-0.05, 0) is 54.4 Å². The van der Waals surface area contributed by atoms with Crippen molar-refractivity contribution in [2.45, 2.75) is 12.3 Å². The van der Waals surface area contributed by atoms with E-state index in [0.717, 1.165) is 26.7 Å². The van der Waals surface area contributed by atoms with E-state index in [0.29, 0.717) is 6.54 Å². The van der Waals surface area contributed by atoms with Gasteiger partial charge in [-0.1, -0.05) is 44.0 Å². The molecule has 2 aromatic rings. The van der Waals surface area contributed by atoms with E-state index in [-0.39, 0.29) is 5.92 Å². The molecule has 0 aromatic heterocycles. The van der Waals surface area contributed by atoms with Crippen LogP contribution in [-0.2, 0) is 6.42 Å². The molecule has 20 heavy (non-hydrogen) atoms. The fourth-order valence-corrected chi connectivity index (χ4v) is 3.10. The number of halogens is 2. The first-order valence-electron chi connectivity index (χ1n) is 6.42. The second-order valence-electron chi connectivity index (χ2n) is 4.65. The Morgan fingerprint density at radius 1 is 1.10 bits per heavy atom. The average Bonchev–Trinajstić information content (AvgIpc) is 2.45. The topological polar surface area (TPSA) is 35.2 Å². The molecular formula is C16H17Br2NO. The Morgan fingerprint density at radius 3 is 2.50 bits per heavy atom. The van der Waals surface area contributed by atoms with Crippen molar-refractivity contribution in [1.82, 2.24) is 0 Å². The predicted octanol–water partition coefficient (Wildman–Crippen LogP) is 4.51. The van der Waals surface area contributed by atoms with Gasteiger partial charge in [-0.15, -0.1) is 0 Å². The summed E-state index contributed by atoms with van der Waals surface area (Å²) in [6, 6.07) is 14.4. The van der Waals surface area contributed by atoms with Crippen LogP contribution >= 0.6 is 31.9 Å². The van der Waals surface area contributed by atoms with Crippen LogP contribution in [0.4, 0.5) is 0 Å². The van der Waals surface area contributed by atoms with Gasteiger partial charge < -0.3 is 10.5 Å². The van der Waals surface area contributed by atoms with E-state index in [1.54, 1.807) is 7.11 Å². The Morgan fingerprint density at radius 2 is 1.85 bits per heavy atom. The lowest BCUT2D eigenvalue weighted by molar-refractivity contribution is 0.408. The third-order valence-corrected chi connectivity index (χ3v) is 4.30. The Balaban J connectivity index is 2.28. The second kappa shape index (κ2) is 7.25. The van der Waals surface area contributed by atoms with Gasteiger partial charge in [-0.3, -0.25) is 0 Å². The molecular weight excluding hydrogens is 382 g/mol. The van der Waals surface area contributed by atoms with Crippen molar-refractivity contribution in [3.8, 4) is 5.75 Å². The zero-order valence-electron chi connectivity index (χ0n) is 11.3. The average molecular weight is 399 g/mol. The Labute approximate surface area is 136 Å².